The summed E-state index contributed by atoms with van der Waals surface area (Å²) in [6.07, 6.45) is 7.16. The van der Waals surface area contributed by atoms with Crippen LogP contribution in [0.2, 0.25) is 0 Å². The molecular weight excluding hydrogens is 837 g/mol. The molecular formula is C38H49I2O6P. The molecule has 3 aromatic rings. The van der Waals surface area contributed by atoms with E-state index in [2.05, 4.69) is 127 Å². The van der Waals surface area contributed by atoms with Crippen LogP contribution in [0.1, 0.15) is 52.4 Å². The van der Waals surface area contributed by atoms with Gasteiger partial charge in [0.1, 0.15) is 23.2 Å². The third kappa shape index (κ3) is 8.79. The average molecular weight is 887 g/mol. The zero-order chi connectivity index (χ0) is 32.0. The lowest BCUT2D eigenvalue weighted by Gasteiger charge is -2.50. The summed E-state index contributed by atoms with van der Waals surface area (Å²) in [5, 5.41) is 4.31. The predicted octanol–water partition coefficient (Wildman–Crippen LogP) is 4.22. The molecule has 6 fully saturated rings. The molecule has 47 heavy (non-hydrogen) atoms. The molecule has 3 aromatic carbocycles. The van der Waals surface area contributed by atoms with Crippen LogP contribution >= 0.6 is 29.9 Å². The molecule has 6 nitrogen and oxygen atoms in total. The number of halogens is 2. The molecule has 4 bridgehead atoms. The Labute approximate surface area is 312 Å². The first kappa shape index (κ1) is 37.6. The van der Waals surface area contributed by atoms with E-state index in [1.54, 1.807) is 0 Å². The monoisotopic (exact) mass is 886 g/mol. The van der Waals surface area contributed by atoms with E-state index in [1.807, 2.05) is 0 Å². The third-order valence-corrected chi connectivity index (χ3v) is 14.8. The molecule has 0 amide bonds. The molecule has 6 aliphatic rings. The lowest BCUT2D eigenvalue weighted by Crippen LogP contribution is -3.00. The summed E-state index contributed by atoms with van der Waals surface area (Å²) in [4.78, 5) is 0. The number of ether oxygens (including phenoxy) is 6. The maximum absolute atomic E-state index is 6.02. The van der Waals surface area contributed by atoms with Crippen LogP contribution in [0, 0.1) is 10.8 Å². The van der Waals surface area contributed by atoms with Gasteiger partial charge in [0.15, 0.2) is 0 Å². The van der Waals surface area contributed by atoms with Gasteiger partial charge in [0.2, 0.25) is 0 Å². The molecule has 0 atom stereocenters. The molecule has 0 spiro atoms. The van der Waals surface area contributed by atoms with Crippen LogP contribution in [-0.2, 0) is 28.4 Å². The smallest absolute Gasteiger partial charge is 0.282 e. The first-order chi connectivity index (χ1) is 22.3. The quantitative estimate of drug-likeness (QED) is 0.118. The summed E-state index contributed by atoms with van der Waals surface area (Å²) in [6, 6.07) is 33.2. The summed E-state index contributed by atoms with van der Waals surface area (Å²) in [5.74, 6) is -1.52. The molecule has 9 heteroatoms. The SMILES string of the molecule is CC12COC(CCCCI)(OC1)OC2.CC12COC(CCCC[P+](c3ccccc3)(c3ccccc3)c3ccccc3)(OC1)OC2.[I-]. The highest BCUT2D eigenvalue weighted by Crippen LogP contribution is 2.56. The predicted molar refractivity (Wildman–Crippen MR) is 194 cm³/mol. The second-order valence-corrected chi connectivity index (χ2v) is 18.6. The van der Waals surface area contributed by atoms with E-state index in [1.165, 1.54) is 26.8 Å². The van der Waals surface area contributed by atoms with Gasteiger partial charge >= 0.3 is 0 Å². The normalized spacial score (nSPS) is 29.4. The molecule has 6 saturated heterocycles. The Bertz CT molecular complexity index is 1230. The Morgan fingerprint density at radius 2 is 0.830 bits per heavy atom. The Kier molecular flexibility index (Phi) is 13.2. The van der Waals surface area contributed by atoms with E-state index in [9.17, 15) is 0 Å². The molecule has 256 valence electrons. The molecule has 6 aliphatic heterocycles. The van der Waals surface area contributed by atoms with Crippen molar-refractivity contribution in [3.8, 4) is 0 Å². The fourth-order valence-corrected chi connectivity index (χ4v) is 11.6. The molecule has 0 radical (unpaired) electrons. The first-order valence-electron chi connectivity index (χ1n) is 16.8. The van der Waals surface area contributed by atoms with Crippen molar-refractivity contribution in [2.75, 3.05) is 50.2 Å². The minimum atomic E-state index is -1.78. The second-order valence-electron chi connectivity index (χ2n) is 13.9. The van der Waals surface area contributed by atoms with Crippen LogP contribution in [0.15, 0.2) is 91.0 Å². The van der Waals surface area contributed by atoms with Gasteiger partial charge in [0, 0.05) is 23.7 Å². The zero-order valence-corrected chi connectivity index (χ0v) is 32.9. The van der Waals surface area contributed by atoms with Gasteiger partial charge < -0.3 is 52.4 Å². The van der Waals surface area contributed by atoms with Gasteiger partial charge in [-0.2, -0.15) is 0 Å². The van der Waals surface area contributed by atoms with Gasteiger partial charge in [-0.05, 0) is 66.5 Å². The number of hydrogen-bond donors (Lipinski definition) is 0. The van der Waals surface area contributed by atoms with Gasteiger partial charge in [0.05, 0.1) is 45.8 Å². The van der Waals surface area contributed by atoms with Gasteiger partial charge in [-0.15, -0.1) is 0 Å². The zero-order valence-electron chi connectivity index (χ0n) is 27.7. The Balaban J connectivity index is 0.000000243. The number of benzene rings is 3. The average Bonchev–Trinajstić information content (AvgIpc) is 3.11. The van der Waals surface area contributed by atoms with Crippen LogP contribution in [0.25, 0.3) is 0 Å². The summed E-state index contributed by atoms with van der Waals surface area (Å²) in [5.41, 5.74) is 0.0986. The van der Waals surface area contributed by atoms with Gasteiger partial charge in [-0.1, -0.05) is 91.0 Å². The van der Waals surface area contributed by atoms with E-state index in [-0.39, 0.29) is 34.8 Å². The largest absolute Gasteiger partial charge is 1.00 e. The number of hydrogen-bond acceptors (Lipinski definition) is 6. The molecule has 0 unspecified atom stereocenters. The summed E-state index contributed by atoms with van der Waals surface area (Å²) < 4.78 is 36.2. The van der Waals surface area contributed by atoms with Crippen LogP contribution < -0.4 is 39.9 Å². The van der Waals surface area contributed by atoms with E-state index < -0.39 is 19.2 Å². The van der Waals surface area contributed by atoms with Crippen LogP contribution in [0.5, 0.6) is 0 Å². The standard InChI is InChI=1S/C28H32O3P.C10H17IO3.HI/c1-27-21-29-28(30-22-27,31-23-27)19-11-12-20-32(24-13-5-2-6-14-24,25-15-7-3-8-16-25)26-17-9-4-10-18-26;1-9-6-12-10(13-7-9,14-8-9)4-2-3-5-11;/h2-10,13-18H,11-12,19-23H2,1H3;2-8H2,1H3;1H/q+1;;/p-1. The lowest BCUT2D eigenvalue weighted by molar-refractivity contribution is -0.467. The fourth-order valence-electron chi connectivity index (χ4n) is 6.65. The highest BCUT2D eigenvalue weighted by molar-refractivity contribution is 14.1. The number of fused-ring (bicyclic) bond motifs is 6. The number of rotatable bonds is 12. The molecule has 6 heterocycles. The Morgan fingerprint density at radius 3 is 1.15 bits per heavy atom. The minimum absolute atomic E-state index is 0. The van der Waals surface area contributed by atoms with Gasteiger partial charge in [-0.3, -0.25) is 0 Å². The summed E-state index contributed by atoms with van der Waals surface area (Å²) >= 11 is 2.39. The summed E-state index contributed by atoms with van der Waals surface area (Å²) in [6.45, 7) is 8.80. The number of alkyl halides is 1. The molecule has 0 aliphatic carbocycles. The van der Waals surface area contributed by atoms with Crippen molar-refractivity contribution < 1.29 is 52.4 Å². The van der Waals surface area contributed by atoms with Gasteiger partial charge in [-0.25, -0.2) is 0 Å². The second kappa shape index (κ2) is 16.6. The van der Waals surface area contributed by atoms with Crippen molar-refractivity contribution in [2.45, 2.75) is 64.3 Å². The third-order valence-electron chi connectivity index (χ3n) is 9.53. The van der Waals surface area contributed by atoms with Crippen molar-refractivity contribution in [3.63, 3.8) is 0 Å². The lowest BCUT2D eigenvalue weighted by atomic mass is 9.91. The highest BCUT2D eigenvalue weighted by Gasteiger charge is 2.51. The van der Waals surface area contributed by atoms with E-state index >= 15 is 0 Å². The van der Waals surface area contributed by atoms with Crippen molar-refractivity contribution in [1.29, 1.82) is 0 Å². The van der Waals surface area contributed by atoms with Gasteiger partial charge in [0.25, 0.3) is 11.9 Å². The maximum Gasteiger partial charge on any atom is 0.282 e. The minimum Gasteiger partial charge on any atom is -1.00 e. The Morgan fingerprint density at radius 1 is 0.511 bits per heavy atom. The Hall–Kier alpha value is -0.690. The van der Waals surface area contributed by atoms with Crippen molar-refractivity contribution in [1.82, 2.24) is 0 Å². The van der Waals surface area contributed by atoms with Crippen molar-refractivity contribution in [2.24, 2.45) is 10.8 Å². The number of unbranched alkanes of at least 4 members (excludes halogenated alkanes) is 2. The van der Waals surface area contributed by atoms with Crippen molar-refractivity contribution in [3.05, 3.63) is 91.0 Å². The van der Waals surface area contributed by atoms with Crippen molar-refractivity contribution >= 4 is 45.8 Å². The van der Waals surface area contributed by atoms with Crippen LogP contribution in [-0.4, -0.2) is 62.2 Å². The molecule has 0 aromatic heterocycles. The van der Waals surface area contributed by atoms with E-state index in [0.29, 0.717) is 0 Å². The maximum atomic E-state index is 6.02. The van der Waals surface area contributed by atoms with Crippen LogP contribution in [0.4, 0.5) is 0 Å². The topological polar surface area (TPSA) is 55.4 Å². The first-order valence-corrected chi connectivity index (χ1v) is 20.3. The van der Waals surface area contributed by atoms with E-state index in [0.717, 1.165) is 77.9 Å². The highest BCUT2D eigenvalue weighted by atomic mass is 127. The molecule has 0 N–H and O–H groups in total. The van der Waals surface area contributed by atoms with Crippen LogP contribution in [0.3, 0.4) is 0 Å². The van der Waals surface area contributed by atoms with E-state index in [4.69, 9.17) is 28.4 Å². The molecule has 9 rings (SSSR count). The molecule has 0 saturated carbocycles. The fraction of sp³-hybridized carbons (Fsp3) is 0.526. The summed E-state index contributed by atoms with van der Waals surface area (Å²) in [7, 11) is -1.78.